The fraction of sp³-hybridized carbons (Fsp3) is 0.364. The van der Waals surface area contributed by atoms with Gasteiger partial charge in [0, 0.05) is 0 Å². The summed E-state index contributed by atoms with van der Waals surface area (Å²) in [7, 11) is 0. The molecule has 0 saturated carbocycles. The summed E-state index contributed by atoms with van der Waals surface area (Å²) in [5.41, 5.74) is 0.835. The molecule has 0 spiro atoms. The molecule has 0 aliphatic carbocycles. The normalized spacial score (nSPS) is 14.1. The molecule has 0 aliphatic heterocycles. The van der Waals surface area contributed by atoms with Crippen LogP contribution < -0.4 is 4.74 Å². The van der Waals surface area contributed by atoms with Gasteiger partial charge in [-0.2, -0.15) is 5.26 Å². The Morgan fingerprint density at radius 1 is 1.29 bits per heavy atom. The molecule has 0 aliphatic rings. The number of aliphatic hydroxyl groups excluding tert-OH is 1. The van der Waals surface area contributed by atoms with Crippen LogP contribution in [0.15, 0.2) is 24.3 Å². The second-order valence-electron chi connectivity index (χ2n) is 3.13. The summed E-state index contributed by atoms with van der Waals surface area (Å²) in [5, 5.41) is 17.8. The lowest BCUT2D eigenvalue weighted by Crippen LogP contribution is -2.07. The molecule has 0 saturated heterocycles. The van der Waals surface area contributed by atoms with Crippen molar-refractivity contribution in [3.05, 3.63) is 29.8 Å². The van der Waals surface area contributed by atoms with Gasteiger partial charge in [-0.3, -0.25) is 0 Å². The van der Waals surface area contributed by atoms with Crippen molar-refractivity contribution in [3.8, 4) is 11.8 Å². The smallest absolute Gasteiger partial charge is 0.181 e. The topological polar surface area (TPSA) is 53.2 Å². The lowest BCUT2D eigenvalue weighted by atomic mass is 10.1. The summed E-state index contributed by atoms with van der Waals surface area (Å²) >= 11 is 0. The van der Waals surface area contributed by atoms with Gasteiger partial charge >= 0.3 is 0 Å². The zero-order chi connectivity index (χ0) is 10.6. The van der Waals surface area contributed by atoms with E-state index in [4.69, 9.17) is 10.00 Å². The number of rotatable bonds is 3. The van der Waals surface area contributed by atoms with E-state index >= 15 is 0 Å². The third-order valence-corrected chi connectivity index (χ3v) is 1.86. The van der Waals surface area contributed by atoms with Crippen LogP contribution in [0.4, 0.5) is 0 Å². The van der Waals surface area contributed by atoms with Crippen LogP contribution in [0.2, 0.25) is 0 Å². The van der Waals surface area contributed by atoms with Gasteiger partial charge in [0.15, 0.2) is 6.10 Å². The molecule has 0 amide bonds. The van der Waals surface area contributed by atoms with Gasteiger partial charge in [-0.15, -0.1) is 0 Å². The molecule has 14 heavy (non-hydrogen) atoms. The number of ether oxygens (including phenoxy) is 1. The largest absolute Gasteiger partial charge is 0.476 e. The minimum atomic E-state index is -0.475. The van der Waals surface area contributed by atoms with E-state index in [2.05, 4.69) is 0 Å². The van der Waals surface area contributed by atoms with Crippen LogP contribution >= 0.6 is 0 Å². The molecule has 0 bridgehead atoms. The Bertz CT molecular complexity index is 324. The Kier molecular flexibility index (Phi) is 3.49. The predicted molar refractivity (Wildman–Crippen MR) is 52.8 cm³/mol. The number of hydrogen-bond acceptors (Lipinski definition) is 3. The van der Waals surface area contributed by atoms with E-state index < -0.39 is 12.2 Å². The first-order chi connectivity index (χ1) is 6.63. The van der Waals surface area contributed by atoms with E-state index in [-0.39, 0.29) is 0 Å². The van der Waals surface area contributed by atoms with Gasteiger partial charge in [-0.05, 0) is 31.5 Å². The molecular weight excluding hydrogens is 178 g/mol. The summed E-state index contributed by atoms with van der Waals surface area (Å²) in [6.45, 7) is 3.39. The Morgan fingerprint density at radius 3 is 2.29 bits per heavy atom. The molecule has 2 atom stereocenters. The van der Waals surface area contributed by atoms with Crippen LogP contribution in [-0.4, -0.2) is 11.2 Å². The van der Waals surface area contributed by atoms with Crippen molar-refractivity contribution in [1.82, 2.24) is 0 Å². The van der Waals surface area contributed by atoms with E-state index in [1.165, 1.54) is 0 Å². The SMILES string of the molecule is CC(C#N)Oc1ccc([C@@H](C)O)cc1. The van der Waals surface area contributed by atoms with Crippen LogP contribution in [0.1, 0.15) is 25.5 Å². The van der Waals surface area contributed by atoms with Gasteiger partial charge in [-0.25, -0.2) is 0 Å². The molecule has 3 heteroatoms. The van der Waals surface area contributed by atoms with Crippen LogP contribution in [0.3, 0.4) is 0 Å². The molecule has 1 aromatic carbocycles. The Hall–Kier alpha value is -1.53. The van der Waals surface area contributed by atoms with E-state index in [1.807, 2.05) is 6.07 Å². The standard InChI is InChI=1S/C11H13NO2/c1-8(7-12)14-11-5-3-10(4-6-11)9(2)13/h3-6,8-9,13H,1-2H3/t8?,9-/m1/s1. The second kappa shape index (κ2) is 4.64. The Labute approximate surface area is 83.6 Å². The number of hydrogen-bond donors (Lipinski definition) is 1. The molecule has 0 heterocycles. The highest BCUT2D eigenvalue weighted by atomic mass is 16.5. The third-order valence-electron chi connectivity index (χ3n) is 1.86. The maximum Gasteiger partial charge on any atom is 0.181 e. The quantitative estimate of drug-likeness (QED) is 0.795. The van der Waals surface area contributed by atoms with E-state index in [1.54, 1.807) is 38.1 Å². The third kappa shape index (κ3) is 2.75. The van der Waals surface area contributed by atoms with Crippen LogP contribution in [-0.2, 0) is 0 Å². The first-order valence-electron chi connectivity index (χ1n) is 4.48. The second-order valence-corrected chi connectivity index (χ2v) is 3.13. The maximum atomic E-state index is 9.25. The first-order valence-corrected chi connectivity index (χ1v) is 4.48. The number of nitriles is 1. The van der Waals surface area contributed by atoms with E-state index in [9.17, 15) is 5.11 Å². The van der Waals surface area contributed by atoms with Gasteiger partial charge in [0.1, 0.15) is 11.8 Å². The zero-order valence-corrected chi connectivity index (χ0v) is 8.27. The molecule has 1 N–H and O–H groups in total. The molecule has 1 aromatic rings. The molecule has 1 unspecified atom stereocenters. The van der Waals surface area contributed by atoms with Crippen LogP contribution in [0.25, 0.3) is 0 Å². The Morgan fingerprint density at radius 2 is 1.86 bits per heavy atom. The van der Waals surface area contributed by atoms with Crippen LogP contribution in [0, 0.1) is 11.3 Å². The van der Waals surface area contributed by atoms with E-state index in [0.29, 0.717) is 5.75 Å². The van der Waals surface area contributed by atoms with Crippen molar-refractivity contribution in [3.63, 3.8) is 0 Å². The zero-order valence-electron chi connectivity index (χ0n) is 8.27. The molecule has 0 radical (unpaired) electrons. The summed E-state index contributed by atoms with van der Waals surface area (Å²) in [6, 6.07) is 9.03. The first kappa shape index (κ1) is 10.6. The summed E-state index contributed by atoms with van der Waals surface area (Å²) in [4.78, 5) is 0. The van der Waals surface area contributed by atoms with Crippen molar-refractivity contribution in [2.24, 2.45) is 0 Å². The number of nitrogens with zero attached hydrogens (tertiary/aromatic N) is 1. The molecule has 0 aromatic heterocycles. The summed E-state index contributed by atoms with van der Waals surface area (Å²) < 4.78 is 5.26. The minimum absolute atomic E-state index is 0.451. The predicted octanol–water partition coefficient (Wildman–Crippen LogP) is 2.03. The lowest BCUT2D eigenvalue weighted by molar-refractivity contribution is 0.199. The van der Waals surface area contributed by atoms with Gasteiger partial charge in [-0.1, -0.05) is 12.1 Å². The van der Waals surface area contributed by atoms with Crippen molar-refractivity contribution in [1.29, 1.82) is 5.26 Å². The highest BCUT2D eigenvalue weighted by molar-refractivity contribution is 5.28. The lowest BCUT2D eigenvalue weighted by Gasteiger charge is -2.09. The fourth-order valence-electron chi connectivity index (χ4n) is 1.06. The molecule has 74 valence electrons. The fourth-order valence-corrected chi connectivity index (χ4v) is 1.06. The van der Waals surface area contributed by atoms with Crippen molar-refractivity contribution in [2.75, 3.05) is 0 Å². The average Bonchev–Trinajstić information content (AvgIpc) is 2.18. The van der Waals surface area contributed by atoms with Crippen molar-refractivity contribution < 1.29 is 9.84 Å². The molecule has 3 nitrogen and oxygen atoms in total. The van der Waals surface area contributed by atoms with Gasteiger partial charge < -0.3 is 9.84 Å². The molecule has 1 rings (SSSR count). The van der Waals surface area contributed by atoms with Crippen molar-refractivity contribution >= 4 is 0 Å². The number of aliphatic hydroxyl groups is 1. The maximum absolute atomic E-state index is 9.25. The average molecular weight is 191 g/mol. The van der Waals surface area contributed by atoms with Crippen molar-refractivity contribution in [2.45, 2.75) is 26.1 Å². The van der Waals surface area contributed by atoms with E-state index in [0.717, 1.165) is 5.56 Å². The summed E-state index contributed by atoms with van der Waals surface area (Å²) in [6.07, 6.45) is -0.926. The Balaban J connectivity index is 2.70. The van der Waals surface area contributed by atoms with Gasteiger partial charge in [0.25, 0.3) is 0 Å². The highest BCUT2D eigenvalue weighted by Crippen LogP contribution is 2.17. The van der Waals surface area contributed by atoms with Gasteiger partial charge in [0.2, 0.25) is 0 Å². The monoisotopic (exact) mass is 191 g/mol. The molecular formula is C11H13NO2. The van der Waals surface area contributed by atoms with Gasteiger partial charge in [0.05, 0.1) is 6.10 Å². The minimum Gasteiger partial charge on any atom is -0.476 e. The number of benzene rings is 1. The highest BCUT2D eigenvalue weighted by Gasteiger charge is 2.03. The van der Waals surface area contributed by atoms with Crippen LogP contribution in [0.5, 0.6) is 5.75 Å². The molecule has 0 fully saturated rings. The summed E-state index contributed by atoms with van der Waals surface area (Å²) in [5.74, 6) is 0.642.